The number of nitrogens with zero attached hydrogens (tertiary/aromatic N) is 4. The van der Waals surface area contributed by atoms with Crippen molar-refractivity contribution in [3.05, 3.63) is 111 Å². The van der Waals surface area contributed by atoms with E-state index in [1.807, 2.05) is 29.2 Å². The van der Waals surface area contributed by atoms with Gasteiger partial charge >= 0.3 is 0 Å². The highest BCUT2D eigenvalue weighted by atomic mass is 35.5. The molecule has 0 atom stereocenters. The number of aromatic nitrogens is 1. The van der Waals surface area contributed by atoms with E-state index in [1.54, 1.807) is 45.9 Å². The van der Waals surface area contributed by atoms with Gasteiger partial charge in [0.2, 0.25) is 0 Å². The Hall–Kier alpha value is -4.15. The van der Waals surface area contributed by atoms with Crippen LogP contribution in [0.4, 0.5) is 10.1 Å². The lowest BCUT2D eigenvalue weighted by atomic mass is 10.1. The molecule has 1 amide bonds. The minimum Gasteiger partial charge on any atom is -0.366 e. The van der Waals surface area contributed by atoms with Crippen LogP contribution < -0.4 is 10.5 Å². The standard InChI is InChI=1S/C28H22ClFN4O2/c29-21-9-7-20(8-10-21)27(35)33-15-13-32(14-16-33)26-23-3-1-2-4-25(23)34(28(36)24(26)17-31)18-19-5-11-22(30)12-6-19/h1-12H,13-16,18H2. The van der Waals surface area contributed by atoms with Crippen molar-refractivity contribution in [1.82, 2.24) is 9.47 Å². The molecular formula is C28H22ClFN4O2. The van der Waals surface area contributed by atoms with Gasteiger partial charge in [-0.2, -0.15) is 5.26 Å². The number of carbonyl (C=O) groups is 1. The molecule has 1 aliphatic rings. The number of pyridine rings is 1. The van der Waals surface area contributed by atoms with Crippen LogP contribution in [0, 0.1) is 17.1 Å². The van der Waals surface area contributed by atoms with E-state index in [1.165, 1.54) is 12.1 Å². The molecule has 0 aliphatic carbocycles. The van der Waals surface area contributed by atoms with Crippen LogP contribution in [0.15, 0.2) is 77.6 Å². The molecule has 8 heteroatoms. The Bertz CT molecular complexity index is 1530. The van der Waals surface area contributed by atoms with Gasteiger partial charge in [0.25, 0.3) is 11.5 Å². The fraction of sp³-hybridized carbons (Fsp3) is 0.179. The highest BCUT2D eigenvalue weighted by Gasteiger charge is 2.27. The van der Waals surface area contributed by atoms with Crippen molar-refractivity contribution >= 4 is 34.1 Å². The number of para-hydroxylation sites is 1. The minimum absolute atomic E-state index is 0.0632. The summed E-state index contributed by atoms with van der Waals surface area (Å²) in [5, 5.41) is 11.4. The molecule has 0 radical (unpaired) electrons. The highest BCUT2D eigenvalue weighted by molar-refractivity contribution is 6.30. The van der Waals surface area contributed by atoms with Gasteiger partial charge < -0.3 is 14.4 Å². The maximum absolute atomic E-state index is 13.5. The number of benzene rings is 3. The molecule has 0 spiro atoms. The number of halogens is 2. The Labute approximate surface area is 212 Å². The molecule has 6 nitrogen and oxygen atoms in total. The van der Waals surface area contributed by atoms with E-state index in [0.29, 0.717) is 48.0 Å². The molecule has 36 heavy (non-hydrogen) atoms. The Balaban J connectivity index is 1.48. The smallest absolute Gasteiger partial charge is 0.271 e. The maximum atomic E-state index is 13.5. The lowest BCUT2D eigenvalue weighted by molar-refractivity contribution is 0.0747. The number of rotatable bonds is 4. The number of fused-ring (bicyclic) bond motifs is 1. The third-order valence-electron chi connectivity index (χ3n) is 6.49. The number of carbonyl (C=O) groups excluding carboxylic acids is 1. The molecule has 4 aromatic rings. The van der Waals surface area contributed by atoms with Crippen molar-refractivity contribution in [1.29, 1.82) is 5.26 Å². The quantitative estimate of drug-likeness (QED) is 0.408. The fourth-order valence-electron chi connectivity index (χ4n) is 4.66. The van der Waals surface area contributed by atoms with Gasteiger partial charge in [-0.15, -0.1) is 0 Å². The monoisotopic (exact) mass is 500 g/mol. The molecule has 180 valence electrons. The molecule has 1 aliphatic heterocycles. The molecule has 1 fully saturated rings. The second kappa shape index (κ2) is 9.84. The van der Waals surface area contributed by atoms with Crippen molar-refractivity contribution in [3.63, 3.8) is 0 Å². The Kier molecular flexibility index (Phi) is 6.45. The summed E-state index contributed by atoms with van der Waals surface area (Å²) in [6.07, 6.45) is 0. The number of piperazine rings is 1. The van der Waals surface area contributed by atoms with Crippen molar-refractivity contribution in [3.8, 4) is 6.07 Å². The third-order valence-corrected chi connectivity index (χ3v) is 6.74. The van der Waals surface area contributed by atoms with Crippen molar-refractivity contribution in [2.75, 3.05) is 31.1 Å². The molecule has 0 unspecified atom stereocenters. The Morgan fingerprint density at radius 3 is 2.28 bits per heavy atom. The first-order chi connectivity index (χ1) is 17.5. The van der Waals surface area contributed by atoms with E-state index < -0.39 is 5.56 Å². The summed E-state index contributed by atoms with van der Waals surface area (Å²) in [5.74, 6) is -0.427. The zero-order valence-corrected chi connectivity index (χ0v) is 20.1. The summed E-state index contributed by atoms with van der Waals surface area (Å²) in [7, 11) is 0. The molecule has 0 N–H and O–H groups in total. The van der Waals surface area contributed by atoms with Gasteiger partial charge in [-0.3, -0.25) is 9.59 Å². The first-order valence-corrected chi connectivity index (χ1v) is 11.9. The summed E-state index contributed by atoms with van der Waals surface area (Å²) in [6.45, 7) is 2.11. The maximum Gasteiger partial charge on any atom is 0.271 e. The second-order valence-corrected chi connectivity index (χ2v) is 9.09. The van der Waals surface area contributed by atoms with Gasteiger partial charge in [-0.05, 0) is 48.0 Å². The van der Waals surface area contributed by atoms with Crippen LogP contribution in [-0.2, 0) is 6.54 Å². The zero-order valence-electron chi connectivity index (χ0n) is 19.3. The number of anilines is 1. The highest BCUT2D eigenvalue weighted by Crippen LogP contribution is 2.30. The molecular weight excluding hydrogens is 479 g/mol. The molecule has 5 rings (SSSR count). The Morgan fingerprint density at radius 2 is 1.61 bits per heavy atom. The van der Waals surface area contributed by atoms with E-state index in [0.717, 1.165) is 10.9 Å². The van der Waals surface area contributed by atoms with Crippen LogP contribution in [-0.4, -0.2) is 41.6 Å². The van der Waals surface area contributed by atoms with E-state index in [9.17, 15) is 19.2 Å². The van der Waals surface area contributed by atoms with Crippen LogP contribution in [0.5, 0.6) is 0 Å². The summed E-state index contributed by atoms with van der Waals surface area (Å²) < 4.78 is 14.9. The normalized spacial score (nSPS) is 13.6. The number of hydrogen-bond donors (Lipinski definition) is 0. The summed E-state index contributed by atoms with van der Waals surface area (Å²) >= 11 is 5.94. The van der Waals surface area contributed by atoms with E-state index in [-0.39, 0.29) is 23.8 Å². The van der Waals surface area contributed by atoms with Crippen molar-refractivity contribution in [2.24, 2.45) is 0 Å². The SMILES string of the molecule is N#Cc1c(N2CCN(C(=O)c3ccc(Cl)cc3)CC2)c2ccccc2n(Cc2ccc(F)cc2)c1=O. The molecule has 1 saturated heterocycles. The predicted octanol–water partition coefficient (Wildman–Crippen LogP) is 4.68. The molecule has 1 aromatic heterocycles. The summed E-state index contributed by atoms with van der Waals surface area (Å²) in [6, 6.07) is 22.4. The van der Waals surface area contributed by atoms with Gasteiger partial charge in [0.15, 0.2) is 0 Å². The van der Waals surface area contributed by atoms with Crippen LogP contribution in [0.25, 0.3) is 10.9 Å². The Morgan fingerprint density at radius 1 is 0.944 bits per heavy atom. The van der Waals surface area contributed by atoms with Gasteiger partial charge in [0, 0.05) is 42.2 Å². The van der Waals surface area contributed by atoms with E-state index >= 15 is 0 Å². The first-order valence-electron chi connectivity index (χ1n) is 11.6. The topological polar surface area (TPSA) is 69.3 Å². The van der Waals surface area contributed by atoms with Gasteiger partial charge in [0.1, 0.15) is 17.4 Å². The van der Waals surface area contributed by atoms with Crippen molar-refractivity contribution in [2.45, 2.75) is 6.54 Å². The third kappa shape index (κ3) is 4.43. The molecule has 3 aromatic carbocycles. The minimum atomic E-state index is -0.393. The van der Waals surface area contributed by atoms with E-state index in [4.69, 9.17) is 11.6 Å². The van der Waals surface area contributed by atoms with Crippen LogP contribution in [0.1, 0.15) is 21.5 Å². The van der Waals surface area contributed by atoms with Gasteiger partial charge in [0.05, 0.1) is 17.7 Å². The summed E-state index contributed by atoms with van der Waals surface area (Å²) in [4.78, 5) is 30.2. The van der Waals surface area contributed by atoms with Crippen LogP contribution in [0.2, 0.25) is 5.02 Å². The lowest BCUT2D eigenvalue weighted by Crippen LogP contribution is -2.49. The predicted molar refractivity (Wildman–Crippen MR) is 138 cm³/mol. The van der Waals surface area contributed by atoms with E-state index in [2.05, 4.69) is 6.07 Å². The van der Waals surface area contributed by atoms with Crippen LogP contribution >= 0.6 is 11.6 Å². The average Bonchev–Trinajstić information content (AvgIpc) is 2.91. The summed E-state index contributed by atoms with van der Waals surface area (Å²) in [5.41, 5.74) is 2.28. The van der Waals surface area contributed by atoms with Gasteiger partial charge in [-0.25, -0.2) is 4.39 Å². The average molecular weight is 501 g/mol. The fourth-order valence-corrected chi connectivity index (χ4v) is 4.78. The number of nitriles is 1. The number of hydrogen-bond acceptors (Lipinski definition) is 4. The number of amides is 1. The van der Waals surface area contributed by atoms with Crippen molar-refractivity contribution < 1.29 is 9.18 Å². The van der Waals surface area contributed by atoms with Gasteiger partial charge in [-0.1, -0.05) is 41.9 Å². The van der Waals surface area contributed by atoms with Crippen LogP contribution in [0.3, 0.4) is 0 Å². The second-order valence-electron chi connectivity index (χ2n) is 8.66. The largest absolute Gasteiger partial charge is 0.366 e. The molecule has 2 heterocycles. The molecule has 0 saturated carbocycles. The first kappa shape index (κ1) is 23.6. The lowest BCUT2D eigenvalue weighted by Gasteiger charge is -2.37. The molecule has 0 bridgehead atoms. The zero-order chi connectivity index (χ0) is 25.2.